The van der Waals surface area contributed by atoms with Gasteiger partial charge in [0.1, 0.15) is 11.6 Å². The van der Waals surface area contributed by atoms with Gasteiger partial charge in [0, 0.05) is 12.6 Å². The number of hydrogen-bond acceptors (Lipinski definition) is 2. The highest BCUT2D eigenvalue weighted by molar-refractivity contribution is 14.1. The highest BCUT2D eigenvalue weighted by Crippen LogP contribution is 2.23. The molecule has 0 unspecified atom stereocenters. The minimum absolute atomic E-state index is 0.190. The van der Waals surface area contributed by atoms with Gasteiger partial charge < -0.3 is 9.47 Å². The van der Waals surface area contributed by atoms with Gasteiger partial charge in [0.15, 0.2) is 0 Å². The monoisotopic (exact) mass is 421 g/mol. The van der Waals surface area contributed by atoms with Crippen LogP contribution >= 0.6 is 34.2 Å². The Morgan fingerprint density at radius 1 is 1.24 bits per heavy atom. The number of rotatable bonds is 5. The van der Waals surface area contributed by atoms with Crippen LogP contribution in [-0.4, -0.2) is 34.1 Å². The molecule has 3 rings (SSSR count). The average molecular weight is 422 g/mol. The van der Waals surface area contributed by atoms with E-state index in [9.17, 15) is 4.39 Å². The van der Waals surface area contributed by atoms with E-state index >= 15 is 0 Å². The van der Waals surface area contributed by atoms with Gasteiger partial charge in [-0.1, -0.05) is 0 Å². The molecule has 1 aromatic carbocycles. The van der Waals surface area contributed by atoms with Crippen LogP contribution in [0.5, 0.6) is 0 Å². The molecule has 1 aromatic heterocycles. The summed E-state index contributed by atoms with van der Waals surface area (Å²) in [6, 6.07) is 3.37. The van der Waals surface area contributed by atoms with Crippen molar-refractivity contribution in [2.24, 2.45) is 0 Å². The summed E-state index contributed by atoms with van der Waals surface area (Å²) in [4.78, 5) is 7.02. The second-order valence-electron chi connectivity index (χ2n) is 5.47. The SMILES string of the molecule is Fc1cc2c(cc1I)nc(CCl)n2CCCN1CCCC1. The molecule has 0 atom stereocenters. The van der Waals surface area contributed by atoms with E-state index in [1.165, 1.54) is 25.9 Å². The fourth-order valence-electron chi connectivity index (χ4n) is 2.98. The molecule has 1 aliphatic heterocycles. The summed E-state index contributed by atoms with van der Waals surface area (Å²) in [6.45, 7) is 4.35. The molecule has 0 saturated carbocycles. The van der Waals surface area contributed by atoms with E-state index in [1.54, 1.807) is 12.1 Å². The molecule has 1 aliphatic rings. The van der Waals surface area contributed by atoms with E-state index in [-0.39, 0.29) is 5.82 Å². The van der Waals surface area contributed by atoms with Crippen molar-refractivity contribution in [2.45, 2.75) is 31.7 Å². The largest absolute Gasteiger partial charge is 0.327 e. The molecule has 0 radical (unpaired) electrons. The molecule has 0 spiro atoms. The smallest absolute Gasteiger partial charge is 0.138 e. The Hall–Kier alpha value is -0.400. The molecule has 0 N–H and O–H groups in total. The first-order chi connectivity index (χ1) is 10.2. The standard InChI is InChI=1S/C15H18ClFIN3/c16-10-15-19-13-9-12(18)11(17)8-14(13)21(15)7-3-6-20-4-1-2-5-20/h8-9H,1-7,10H2. The summed E-state index contributed by atoms with van der Waals surface area (Å²) in [5, 5.41) is 0. The topological polar surface area (TPSA) is 21.1 Å². The molecule has 1 saturated heterocycles. The molecule has 2 heterocycles. The van der Waals surface area contributed by atoms with Crippen LogP contribution in [0, 0.1) is 9.39 Å². The third-order valence-corrected chi connectivity index (χ3v) is 5.11. The number of halogens is 3. The summed E-state index contributed by atoms with van der Waals surface area (Å²) in [7, 11) is 0. The first kappa shape index (κ1) is 15.5. The number of alkyl halides is 1. The minimum atomic E-state index is -0.190. The lowest BCUT2D eigenvalue weighted by Gasteiger charge is -2.15. The van der Waals surface area contributed by atoms with E-state index in [2.05, 4.69) is 14.5 Å². The second-order valence-corrected chi connectivity index (χ2v) is 6.90. The number of nitrogens with zero attached hydrogens (tertiary/aromatic N) is 3. The first-order valence-corrected chi connectivity index (χ1v) is 8.93. The minimum Gasteiger partial charge on any atom is -0.327 e. The lowest BCUT2D eigenvalue weighted by Crippen LogP contribution is -2.21. The van der Waals surface area contributed by atoms with E-state index in [0.717, 1.165) is 36.4 Å². The molecule has 0 amide bonds. The molecular formula is C15H18ClFIN3. The number of likely N-dealkylation sites (tertiary alicyclic amines) is 1. The van der Waals surface area contributed by atoms with Gasteiger partial charge in [0.2, 0.25) is 0 Å². The summed E-state index contributed by atoms with van der Waals surface area (Å²) < 4.78 is 16.5. The molecule has 21 heavy (non-hydrogen) atoms. The highest BCUT2D eigenvalue weighted by atomic mass is 127. The summed E-state index contributed by atoms with van der Waals surface area (Å²) in [6.07, 6.45) is 3.66. The summed E-state index contributed by atoms with van der Waals surface area (Å²) in [5.41, 5.74) is 1.68. The van der Waals surface area contributed by atoms with Crippen molar-refractivity contribution in [1.29, 1.82) is 0 Å². The van der Waals surface area contributed by atoms with Crippen LogP contribution in [0.2, 0.25) is 0 Å². The van der Waals surface area contributed by atoms with Gasteiger partial charge >= 0.3 is 0 Å². The number of fused-ring (bicyclic) bond motifs is 1. The van der Waals surface area contributed by atoms with Gasteiger partial charge in [-0.15, -0.1) is 11.6 Å². The van der Waals surface area contributed by atoms with Crippen molar-refractivity contribution >= 4 is 45.2 Å². The maximum absolute atomic E-state index is 13.8. The van der Waals surface area contributed by atoms with Crippen molar-refractivity contribution < 1.29 is 4.39 Å². The molecule has 114 valence electrons. The van der Waals surface area contributed by atoms with Crippen LogP contribution in [0.25, 0.3) is 11.0 Å². The average Bonchev–Trinajstić information content (AvgIpc) is 3.08. The highest BCUT2D eigenvalue weighted by Gasteiger charge is 2.14. The number of aryl methyl sites for hydroxylation is 1. The van der Waals surface area contributed by atoms with E-state index in [1.807, 2.05) is 22.6 Å². The Balaban J connectivity index is 1.80. The first-order valence-electron chi connectivity index (χ1n) is 7.31. The van der Waals surface area contributed by atoms with Crippen molar-refractivity contribution in [3.05, 3.63) is 27.3 Å². The van der Waals surface area contributed by atoms with Crippen LogP contribution in [0.3, 0.4) is 0 Å². The fraction of sp³-hybridized carbons (Fsp3) is 0.533. The lowest BCUT2D eigenvalue weighted by atomic mass is 10.3. The quantitative estimate of drug-likeness (QED) is 0.537. The molecule has 2 aromatic rings. The maximum atomic E-state index is 13.8. The van der Waals surface area contributed by atoms with Crippen LogP contribution in [-0.2, 0) is 12.4 Å². The normalized spacial score (nSPS) is 16.1. The molecule has 3 nitrogen and oxygen atoms in total. The van der Waals surface area contributed by atoms with Gasteiger partial charge in [-0.25, -0.2) is 9.37 Å². The Kier molecular flexibility index (Phi) is 5.01. The van der Waals surface area contributed by atoms with Gasteiger partial charge in [-0.3, -0.25) is 0 Å². The Morgan fingerprint density at radius 3 is 2.71 bits per heavy atom. The summed E-state index contributed by atoms with van der Waals surface area (Å²) in [5.74, 6) is 0.996. The Bertz CT molecular complexity index is 637. The number of hydrogen-bond donors (Lipinski definition) is 0. The molecule has 1 fully saturated rings. The maximum Gasteiger partial charge on any atom is 0.138 e. The molecule has 0 bridgehead atoms. The third kappa shape index (κ3) is 3.35. The summed E-state index contributed by atoms with van der Waals surface area (Å²) >= 11 is 8.00. The van der Waals surface area contributed by atoms with E-state index < -0.39 is 0 Å². The zero-order valence-corrected chi connectivity index (χ0v) is 14.7. The van der Waals surface area contributed by atoms with Crippen LogP contribution in [0.15, 0.2) is 12.1 Å². The zero-order valence-electron chi connectivity index (χ0n) is 11.8. The van der Waals surface area contributed by atoms with E-state index in [0.29, 0.717) is 9.45 Å². The van der Waals surface area contributed by atoms with Gasteiger partial charge in [-0.05, 0) is 67.6 Å². The van der Waals surface area contributed by atoms with Gasteiger partial charge in [-0.2, -0.15) is 0 Å². The number of aromatic nitrogens is 2. The predicted molar refractivity (Wildman–Crippen MR) is 92.3 cm³/mol. The lowest BCUT2D eigenvalue weighted by molar-refractivity contribution is 0.325. The van der Waals surface area contributed by atoms with Gasteiger partial charge in [0.05, 0.1) is 20.5 Å². The van der Waals surface area contributed by atoms with Crippen LogP contribution in [0.4, 0.5) is 4.39 Å². The van der Waals surface area contributed by atoms with Crippen LogP contribution in [0.1, 0.15) is 25.1 Å². The Morgan fingerprint density at radius 2 is 2.00 bits per heavy atom. The molecule has 6 heteroatoms. The number of imidazole rings is 1. The van der Waals surface area contributed by atoms with Crippen molar-refractivity contribution in [1.82, 2.24) is 14.5 Å². The zero-order chi connectivity index (χ0) is 14.8. The van der Waals surface area contributed by atoms with Crippen molar-refractivity contribution in [3.8, 4) is 0 Å². The third-order valence-electron chi connectivity index (χ3n) is 4.04. The van der Waals surface area contributed by atoms with Gasteiger partial charge in [0.25, 0.3) is 0 Å². The van der Waals surface area contributed by atoms with E-state index in [4.69, 9.17) is 11.6 Å². The fourth-order valence-corrected chi connectivity index (χ4v) is 3.63. The van der Waals surface area contributed by atoms with Crippen molar-refractivity contribution in [3.63, 3.8) is 0 Å². The van der Waals surface area contributed by atoms with Crippen molar-refractivity contribution in [2.75, 3.05) is 19.6 Å². The predicted octanol–water partition coefficient (Wildman–Crippen LogP) is 4.00. The second kappa shape index (κ2) is 6.79. The van der Waals surface area contributed by atoms with Crippen LogP contribution < -0.4 is 0 Å². The molecular weight excluding hydrogens is 404 g/mol. The Labute approximate surface area is 142 Å². The molecule has 0 aliphatic carbocycles. The number of benzene rings is 1.